The van der Waals surface area contributed by atoms with Crippen molar-refractivity contribution in [3.8, 4) is 0 Å². The van der Waals surface area contributed by atoms with Crippen molar-refractivity contribution in [2.24, 2.45) is 0 Å². The molecule has 0 radical (unpaired) electrons. The SMILES string of the molecule is CC(O)NOCc1c(Cl)cccc1C=O. The molecular weight excluding hydrogens is 218 g/mol. The Kier molecular flexibility index (Phi) is 4.71. The third kappa shape index (κ3) is 3.60. The van der Waals surface area contributed by atoms with Gasteiger partial charge in [-0.15, -0.1) is 0 Å². The van der Waals surface area contributed by atoms with Crippen LogP contribution in [0.3, 0.4) is 0 Å². The first kappa shape index (κ1) is 12.1. The van der Waals surface area contributed by atoms with Crippen molar-refractivity contribution in [1.29, 1.82) is 0 Å². The van der Waals surface area contributed by atoms with E-state index in [1.54, 1.807) is 18.2 Å². The molecule has 1 rings (SSSR count). The third-order valence-corrected chi connectivity index (χ3v) is 2.11. The molecular formula is C10H12ClNO3. The maximum Gasteiger partial charge on any atom is 0.150 e. The molecule has 15 heavy (non-hydrogen) atoms. The highest BCUT2D eigenvalue weighted by Crippen LogP contribution is 2.19. The Labute approximate surface area is 92.8 Å². The summed E-state index contributed by atoms with van der Waals surface area (Å²) >= 11 is 5.89. The summed E-state index contributed by atoms with van der Waals surface area (Å²) in [6, 6.07) is 5.02. The fourth-order valence-electron chi connectivity index (χ4n) is 1.07. The van der Waals surface area contributed by atoms with Crippen LogP contribution < -0.4 is 5.48 Å². The Hall–Kier alpha value is -0.940. The maximum absolute atomic E-state index is 10.7. The molecule has 1 atom stereocenters. The van der Waals surface area contributed by atoms with E-state index in [2.05, 4.69) is 5.48 Å². The first-order valence-electron chi connectivity index (χ1n) is 4.43. The summed E-state index contributed by atoms with van der Waals surface area (Å²) in [5.74, 6) is 0. The zero-order chi connectivity index (χ0) is 11.3. The summed E-state index contributed by atoms with van der Waals surface area (Å²) in [7, 11) is 0. The number of carbonyl (C=O) groups is 1. The van der Waals surface area contributed by atoms with Gasteiger partial charge in [0, 0.05) is 16.1 Å². The summed E-state index contributed by atoms with van der Waals surface area (Å²) in [4.78, 5) is 15.7. The molecule has 0 saturated carbocycles. The Morgan fingerprint density at radius 1 is 1.67 bits per heavy atom. The van der Waals surface area contributed by atoms with Crippen LogP contribution in [0.5, 0.6) is 0 Å². The average Bonchev–Trinajstić information content (AvgIpc) is 2.20. The topological polar surface area (TPSA) is 58.6 Å². The van der Waals surface area contributed by atoms with E-state index in [-0.39, 0.29) is 6.61 Å². The van der Waals surface area contributed by atoms with Crippen molar-refractivity contribution >= 4 is 17.9 Å². The van der Waals surface area contributed by atoms with Crippen LogP contribution >= 0.6 is 11.6 Å². The van der Waals surface area contributed by atoms with E-state index in [9.17, 15) is 4.79 Å². The van der Waals surface area contributed by atoms with Crippen LogP contribution in [-0.4, -0.2) is 17.6 Å². The van der Waals surface area contributed by atoms with Crippen molar-refractivity contribution in [2.75, 3.05) is 0 Å². The lowest BCUT2D eigenvalue weighted by atomic mass is 10.1. The van der Waals surface area contributed by atoms with Gasteiger partial charge in [-0.05, 0) is 13.0 Å². The van der Waals surface area contributed by atoms with E-state index >= 15 is 0 Å². The van der Waals surface area contributed by atoms with Crippen LogP contribution in [-0.2, 0) is 11.4 Å². The number of benzene rings is 1. The molecule has 5 heteroatoms. The minimum absolute atomic E-state index is 0.124. The Balaban J connectivity index is 2.70. The minimum atomic E-state index is -0.771. The number of hydrogen-bond acceptors (Lipinski definition) is 4. The molecule has 0 aromatic heterocycles. The molecule has 0 aliphatic rings. The highest BCUT2D eigenvalue weighted by molar-refractivity contribution is 6.31. The summed E-state index contributed by atoms with van der Waals surface area (Å²) in [5, 5.41) is 9.35. The third-order valence-electron chi connectivity index (χ3n) is 1.75. The van der Waals surface area contributed by atoms with Gasteiger partial charge in [0.15, 0.2) is 0 Å². The smallest absolute Gasteiger partial charge is 0.150 e. The molecule has 1 aromatic rings. The fourth-order valence-corrected chi connectivity index (χ4v) is 1.31. The molecule has 0 fully saturated rings. The number of hydroxylamine groups is 1. The molecule has 0 amide bonds. The van der Waals surface area contributed by atoms with Crippen LogP contribution in [0.1, 0.15) is 22.8 Å². The first-order chi connectivity index (χ1) is 7.15. The van der Waals surface area contributed by atoms with Crippen LogP contribution in [0.15, 0.2) is 18.2 Å². The van der Waals surface area contributed by atoms with Crippen LogP contribution in [0.25, 0.3) is 0 Å². The first-order valence-corrected chi connectivity index (χ1v) is 4.81. The number of aldehydes is 1. The highest BCUT2D eigenvalue weighted by Gasteiger charge is 2.06. The van der Waals surface area contributed by atoms with Gasteiger partial charge >= 0.3 is 0 Å². The molecule has 4 nitrogen and oxygen atoms in total. The van der Waals surface area contributed by atoms with Gasteiger partial charge in [-0.3, -0.25) is 9.63 Å². The molecule has 0 aliphatic heterocycles. The largest absolute Gasteiger partial charge is 0.377 e. The molecule has 0 saturated heterocycles. The van der Waals surface area contributed by atoms with E-state index in [0.29, 0.717) is 22.4 Å². The molecule has 1 unspecified atom stereocenters. The Morgan fingerprint density at radius 2 is 2.40 bits per heavy atom. The van der Waals surface area contributed by atoms with Crippen molar-refractivity contribution < 1.29 is 14.7 Å². The number of aliphatic hydroxyl groups is 1. The second-order valence-electron chi connectivity index (χ2n) is 3.01. The van der Waals surface area contributed by atoms with Gasteiger partial charge in [-0.1, -0.05) is 23.7 Å². The normalized spacial score (nSPS) is 12.5. The Morgan fingerprint density at radius 3 is 3.00 bits per heavy atom. The van der Waals surface area contributed by atoms with E-state index in [1.807, 2.05) is 0 Å². The van der Waals surface area contributed by atoms with Gasteiger partial charge in [0.05, 0.1) is 6.61 Å². The average molecular weight is 230 g/mol. The van der Waals surface area contributed by atoms with Gasteiger partial charge in [0.1, 0.15) is 12.5 Å². The molecule has 0 aliphatic carbocycles. The lowest BCUT2D eigenvalue weighted by Gasteiger charge is -2.10. The summed E-state index contributed by atoms with van der Waals surface area (Å²) in [6.45, 7) is 1.64. The number of hydrogen-bond donors (Lipinski definition) is 2. The highest BCUT2D eigenvalue weighted by atomic mass is 35.5. The second-order valence-corrected chi connectivity index (χ2v) is 3.42. The van der Waals surface area contributed by atoms with Crippen LogP contribution in [0.2, 0.25) is 5.02 Å². The lowest BCUT2D eigenvalue weighted by molar-refractivity contribution is -0.0574. The van der Waals surface area contributed by atoms with Gasteiger partial charge < -0.3 is 5.11 Å². The predicted octanol–water partition coefficient (Wildman–Crippen LogP) is 1.51. The van der Waals surface area contributed by atoms with Crippen LogP contribution in [0, 0.1) is 0 Å². The van der Waals surface area contributed by atoms with Crippen molar-refractivity contribution in [1.82, 2.24) is 5.48 Å². The monoisotopic (exact) mass is 229 g/mol. The van der Waals surface area contributed by atoms with Crippen LogP contribution in [0.4, 0.5) is 0 Å². The molecule has 0 spiro atoms. The lowest BCUT2D eigenvalue weighted by Crippen LogP contribution is -2.25. The van der Waals surface area contributed by atoms with Gasteiger partial charge in [0.2, 0.25) is 0 Å². The number of aliphatic hydroxyl groups excluding tert-OH is 1. The zero-order valence-corrected chi connectivity index (χ0v) is 8.99. The van der Waals surface area contributed by atoms with Gasteiger partial charge in [-0.25, -0.2) is 0 Å². The molecule has 2 N–H and O–H groups in total. The van der Waals surface area contributed by atoms with E-state index in [0.717, 1.165) is 0 Å². The van der Waals surface area contributed by atoms with E-state index < -0.39 is 6.23 Å². The molecule has 82 valence electrons. The zero-order valence-electron chi connectivity index (χ0n) is 8.24. The van der Waals surface area contributed by atoms with Crippen molar-refractivity contribution in [2.45, 2.75) is 19.8 Å². The van der Waals surface area contributed by atoms with Gasteiger partial charge in [-0.2, -0.15) is 5.48 Å². The minimum Gasteiger partial charge on any atom is -0.377 e. The van der Waals surface area contributed by atoms with Crippen molar-refractivity contribution in [3.05, 3.63) is 34.3 Å². The number of halogens is 1. The second kappa shape index (κ2) is 5.82. The fraction of sp³-hybridized carbons (Fsp3) is 0.300. The molecule has 0 bridgehead atoms. The Bertz CT molecular complexity index is 341. The standard InChI is InChI=1S/C10H12ClNO3/c1-7(14)12-15-6-9-8(5-13)3-2-4-10(9)11/h2-5,7,12,14H,6H2,1H3. The number of carbonyl (C=O) groups excluding carboxylic acids is 1. The quantitative estimate of drug-likeness (QED) is 0.457. The predicted molar refractivity (Wildman–Crippen MR) is 56.4 cm³/mol. The summed E-state index contributed by atoms with van der Waals surface area (Å²) < 4.78 is 0. The molecule has 0 heterocycles. The summed E-state index contributed by atoms with van der Waals surface area (Å²) in [6.07, 6.45) is -0.0559. The molecule has 1 aromatic carbocycles. The van der Waals surface area contributed by atoms with Crippen molar-refractivity contribution in [3.63, 3.8) is 0 Å². The maximum atomic E-state index is 10.7. The van der Waals surface area contributed by atoms with E-state index in [1.165, 1.54) is 6.92 Å². The summed E-state index contributed by atoms with van der Waals surface area (Å²) in [5.41, 5.74) is 3.43. The van der Waals surface area contributed by atoms with E-state index in [4.69, 9.17) is 21.5 Å². The van der Waals surface area contributed by atoms with Gasteiger partial charge in [0.25, 0.3) is 0 Å². The number of rotatable bonds is 5. The number of nitrogens with one attached hydrogen (secondary N) is 1.